The van der Waals surface area contributed by atoms with Crippen LogP contribution in [0.15, 0.2) is 11.6 Å². The molecule has 0 aliphatic heterocycles. The molecule has 0 aromatic carbocycles. The van der Waals surface area contributed by atoms with Crippen molar-refractivity contribution in [3.63, 3.8) is 0 Å². The Bertz CT molecular complexity index is 304. The zero-order chi connectivity index (χ0) is 11.4. The molecule has 1 atom stereocenters. The first-order chi connectivity index (χ1) is 7.76. The Morgan fingerprint density at radius 2 is 2.38 bits per heavy atom. The van der Waals surface area contributed by atoms with Gasteiger partial charge in [0.2, 0.25) is 0 Å². The summed E-state index contributed by atoms with van der Waals surface area (Å²) in [6, 6.07) is 0.411. The maximum absolute atomic E-state index is 4.36. The van der Waals surface area contributed by atoms with Gasteiger partial charge in [-0.2, -0.15) is 0 Å². The van der Waals surface area contributed by atoms with Crippen LogP contribution in [0.3, 0.4) is 0 Å². The van der Waals surface area contributed by atoms with Crippen molar-refractivity contribution in [2.75, 3.05) is 6.54 Å². The van der Waals surface area contributed by atoms with Crippen LogP contribution in [0.4, 0.5) is 0 Å². The Morgan fingerprint density at radius 1 is 1.56 bits per heavy atom. The largest absolute Gasteiger partial charge is 0.308 e. The molecule has 1 unspecified atom stereocenters. The fraction of sp³-hybridized carbons (Fsp3) is 0.769. The molecule has 1 aliphatic rings. The predicted octanol–water partition coefficient (Wildman–Crippen LogP) is 3.76. The van der Waals surface area contributed by atoms with E-state index in [0.717, 1.165) is 0 Å². The summed E-state index contributed by atoms with van der Waals surface area (Å²) in [5.74, 6) is 0. The second-order valence-corrected chi connectivity index (χ2v) is 6.00. The third-order valence-corrected chi connectivity index (χ3v) is 4.76. The van der Waals surface area contributed by atoms with Crippen LogP contribution in [0.5, 0.6) is 0 Å². The highest BCUT2D eigenvalue weighted by atomic mass is 32.1. The van der Waals surface area contributed by atoms with Crippen LogP contribution in [0, 0.1) is 5.41 Å². The van der Waals surface area contributed by atoms with Gasteiger partial charge in [0.25, 0.3) is 0 Å². The van der Waals surface area contributed by atoms with Gasteiger partial charge in [0.1, 0.15) is 5.01 Å². The lowest BCUT2D eigenvalue weighted by molar-refractivity contribution is 0.112. The van der Waals surface area contributed by atoms with E-state index < -0.39 is 0 Å². The SMILES string of the molecule is CCCC1(CNC(C)c2nccs2)CCC1. The van der Waals surface area contributed by atoms with Gasteiger partial charge in [-0.25, -0.2) is 4.98 Å². The monoisotopic (exact) mass is 238 g/mol. The summed E-state index contributed by atoms with van der Waals surface area (Å²) in [5.41, 5.74) is 0.611. The minimum Gasteiger partial charge on any atom is -0.308 e. The molecule has 1 fully saturated rings. The number of nitrogens with one attached hydrogen (secondary N) is 1. The van der Waals surface area contributed by atoms with E-state index in [9.17, 15) is 0 Å². The molecule has 90 valence electrons. The van der Waals surface area contributed by atoms with Crippen molar-refractivity contribution in [3.05, 3.63) is 16.6 Å². The predicted molar refractivity (Wildman–Crippen MR) is 69.7 cm³/mol. The van der Waals surface area contributed by atoms with Gasteiger partial charge in [0, 0.05) is 18.1 Å². The zero-order valence-corrected chi connectivity index (χ0v) is 11.1. The first-order valence-corrected chi connectivity index (χ1v) is 7.26. The molecule has 1 aromatic heterocycles. The second-order valence-electron chi connectivity index (χ2n) is 5.08. The standard InChI is InChI=1S/C13H22N2S/c1-3-5-13(6-4-7-13)10-15-11(2)12-14-8-9-16-12/h8-9,11,15H,3-7,10H2,1-2H3. The molecule has 0 spiro atoms. The Kier molecular flexibility index (Phi) is 3.98. The van der Waals surface area contributed by atoms with Gasteiger partial charge in [-0.15, -0.1) is 11.3 Å². The Morgan fingerprint density at radius 3 is 2.88 bits per heavy atom. The quantitative estimate of drug-likeness (QED) is 0.816. The number of rotatable bonds is 6. The van der Waals surface area contributed by atoms with E-state index in [1.807, 2.05) is 6.20 Å². The lowest BCUT2D eigenvalue weighted by atomic mass is 9.66. The van der Waals surface area contributed by atoms with Crippen molar-refractivity contribution in [2.24, 2.45) is 5.41 Å². The second kappa shape index (κ2) is 5.28. The maximum Gasteiger partial charge on any atom is 0.109 e. The van der Waals surface area contributed by atoms with Crippen molar-refractivity contribution in [1.29, 1.82) is 0 Å². The number of hydrogen-bond acceptors (Lipinski definition) is 3. The zero-order valence-electron chi connectivity index (χ0n) is 10.3. The van der Waals surface area contributed by atoms with E-state index in [0.29, 0.717) is 11.5 Å². The molecule has 1 aliphatic carbocycles. The van der Waals surface area contributed by atoms with E-state index in [2.05, 4.69) is 29.5 Å². The van der Waals surface area contributed by atoms with Crippen molar-refractivity contribution in [2.45, 2.75) is 52.0 Å². The first-order valence-electron chi connectivity index (χ1n) is 6.38. The highest BCUT2D eigenvalue weighted by Gasteiger charge is 2.35. The molecule has 0 bridgehead atoms. The molecule has 2 nitrogen and oxygen atoms in total. The molecule has 1 saturated carbocycles. The van der Waals surface area contributed by atoms with Gasteiger partial charge in [-0.1, -0.05) is 19.8 Å². The molecule has 1 N–H and O–H groups in total. The lowest BCUT2D eigenvalue weighted by Gasteiger charge is -2.43. The summed E-state index contributed by atoms with van der Waals surface area (Å²) in [6.45, 7) is 5.68. The average Bonchev–Trinajstić information content (AvgIpc) is 2.74. The summed E-state index contributed by atoms with van der Waals surface area (Å²) in [6.07, 6.45) is 8.84. The van der Waals surface area contributed by atoms with Gasteiger partial charge in [-0.3, -0.25) is 0 Å². The van der Waals surface area contributed by atoms with E-state index in [4.69, 9.17) is 0 Å². The number of nitrogens with zero attached hydrogens (tertiary/aromatic N) is 1. The molecule has 1 heterocycles. The third-order valence-electron chi connectivity index (χ3n) is 3.80. The molecule has 2 rings (SSSR count). The van der Waals surface area contributed by atoms with Crippen LogP contribution in [0.2, 0.25) is 0 Å². The fourth-order valence-corrected chi connectivity index (χ4v) is 3.30. The summed E-state index contributed by atoms with van der Waals surface area (Å²) < 4.78 is 0. The minimum atomic E-state index is 0.411. The van der Waals surface area contributed by atoms with E-state index in [1.165, 1.54) is 43.7 Å². The lowest BCUT2D eigenvalue weighted by Crippen LogP contribution is -2.40. The molecule has 3 heteroatoms. The molecule has 0 radical (unpaired) electrons. The van der Waals surface area contributed by atoms with Crippen molar-refractivity contribution in [3.8, 4) is 0 Å². The topological polar surface area (TPSA) is 24.9 Å². The molecular formula is C13H22N2S. The van der Waals surface area contributed by atoms with Gasteiger partial charge in [-0.05, 0) is 31.6 Å². The smallest absolute Gasteiger partial charge is 0.109 e. The van der Waals surface area contributed by atoms with Crippen LogP contribution < -0.4 is 5.32 Å². The van der Waals surface area contributed by atoms with Crippen LogP contribution in [-0.2, 0) is 0 Å². The summed E-state index contributed by atoms with van der Waals surface area (Å²) in [4.78, 5) is 4.36. The summed E-state index contributed by atoms with van der Waals surface area (Å²) in [5, 5.41) is 6.93. The Hall–Kier alpha value is -0.410. The normalized spacial score (nSPS) is 20.4. The van der Waals surface area contributed by atoms with Gasteiger partial charge in [0.05, 0.1) is 6.04 Å². The highest BCUT2D eigenvalue weighted by Crippen LogP contribution is 2.44. The van der Waals surface area contributed by atoms with Crippen molar-refractivity contribution < 1.29 is 0 Å². The highest BCUT2D eigenvalue weighted by molar-refractivity contribution is 7.09. The number of hydrogen-bond donors (Lipinski definition) is 1. The molecular weight excluding hydrogens is 216 g/mol. The van der Waals surface area contributed by atoms with E-state index in [-0.39, 0.29) is 0 Å². The average molecular weight is 238 g/mol. The minimum absolute atomic E-state index is 0.411. The van der Waals surface area contributed by atoms with E-state index >= 15 is 0 Å². The Labute approximate surface area is 102 Å². The maximum atomic E-state index is 4.36. The number of thiazole rings is 1. The van der Waals surface area contributed by atoms with Crippen LogP contribution in [-0.4, -0.2) is 11.5 Å². The van der Waals surface area contributed by atoms with Crippen LogP contribution >= 0.6 is 11.3 Å². The van der Waals surface area contributed by atoms with E-state index in [1.54, 1.807) is 11.3 Å². The summed E-state index contributed by atoms with van der Waals surface area (Å²) in [7, 11) is 0. The molecule has 0 saturated heterocycles. The molecule has 1 aromatic rings. The van der Waals surface area contributed by atoms with Crippen molar-refractivity contribution >= 4 is 11.3 Å². The van der Waals surface area contributed by atoms with Gasteiger partial charge < -0.3 is 5.32 Å². The first kappa shape index (κ1) is 12.1. The number of aromatic nitrogens is 1. The van der Waals surface area contributed by atoms with Gasteiger partial charge in [0.15, 0.2) is 0 Å². The molecule has 0 amide bonds. The van der Waals surface area contributed by atoms with Crippen LogP contribution in [0.1, 0.15) is 57.0 Å². The van der Waals surface area contributed by atoms with Crippen LogP contribution in [0.25, 0.3) is 0 Å². The third kappa shape index (κ3) is 2.64. The fourth-order valence-electron chi connectivity index (χ4n) is 2.63. The Balaban J connectivity index is 1.82. The summed E-state index contributed by atoms with van der Waals surface area (Å²) >= 11 is 1.75. The molecule has 16 heavy (non-hydrogen) atoms. The van der Waals surface area contributed by atoms with Crippen molar-refractivity contribution in [1.82, 2.24) is 10.3 Å². The van der Waals surface area contributed by atoms with Gasteiger partial charge >= 0.3 is 0 Å².